The Bertz CT molecular complexity index is 440. The average Bonchev–Trinajstić information content (AvgIpc) is 2.47. The Labute approximate surface area is 92.7 Å². The molecular formula is C11H13NS2. The van der Waals surface area contributed by atoms with Crippen molar-refractivity contribution in [1.29, 1.82) is 0 Å². The SMILES string of the molecule is CC(C)(C)Sc1nsc2ccccc12. The minimum absolute atomic E-state index is 0.233. The van der Waals surface area contributed by atoms with E-state index in [0.29, 0.717) is 0 Å². The van der Waals surface area contributed by atoms with E-state index in [-0.39, 0.29) is 4.75 Å². The van der Waals surface area contributed by atoms with Crippen LogP contribution in [0.25, 0.3) is 10.1 Å². The lowest BCUT2D eigenvalue weighted by Gasteiger charge is -2.15. The molecule has 1 heterocycles. The average molecular weight is 223 g/mol. The smallest absolute Gasteiger partial charge is 0.118 e. The van der Waals surface area contributed by atoms with Crippen LogP contribution in [0.3, 0.4) is 0 Å². The van der Waals surface area contributed by atoms with Crippen LogP contribution >= 0.6 is 23.3 Å². The first-order chi connectivity index (χ1) is 6.56. The van der Waals surface area contributed by atoms with Gasteiger partial charge in [0.25, 0.3) is 0 Å². The van der Waals surface area contributed by atoms with Crippen LogP contribution in [0, 0.1) is 0 Å². The highest BCUT2D eigenvalue weighted by atomic mass is 32.2. The number of nitrogens with zero attached hydrogens (tertiary/aromatic N) is 1. The quantitative estimate of drug-likeness (QED) is 0.672. The first kappa shape index (κ1) is 9.99. The van der Waals surface area contributed by atoms with E-state index in [1.54, 1.807) is 11.5 Å². The van der Waals surface area contributed by atoms with Crippen LogP contribution in [0.2, 0.25) is 0 Å². The van der Waals surface area contributed by atoms with Gasteiger partial charge in [-0.15, -0.1) is 0 Å². The van der Waals surface area contributed by atoms with Crippen molar-refractivity contribution < 1.29 is 0 Å². The lowest BCUT2D eigenvalue weighted by atomic mass is 10.3. The Hall–Kier alpha value is -0.540. The Balaban J connectivity index is 2.44. The van der Waals surface area contributed by atoms with E-state index in [1.165, 1.54) is 10.1 Å². The third-order valence-corrected chi connectivity index (χ3v) is 3.81. The van der Waals surface area contributed by atoms with Gasteiger partial charge < -0.3 is 0 Å². The first-order valence-corrected chi connectivity index (χ1v) is 6.19. The molecule has 2 rings (SSSR count). The molecule has 0 atom stereocenters. The maximum atomic E-state index is 4.49. The molecule has 14 heavy (non-hydrogen) atoms. The zero-order chi connectivity index (χ0) is 10.2. The molecule has 0 saturated carbocycles. The van der Waals surface area contributed by atoms with Gasteiger partial charge in [0, 0.05) is 10.1 Å². The molecule has 0 aliphatic rings. The minimum Gasteiger partial charge on any atom is -0.185 e. The van der Waals surface area contributed by atoms with Crippen molar-refractivity contribution in [3.05, 3.63) is 24.3 Å². The number of benzene rings is 1. The van der Waals surface area contributed by atoms with E-state index < -0.39 is 0 Å². The Morgan fingerprint density at radius 1 is 1.21 bits per heavy atom. The summed E-state index contributed by atoms with van der Waals surface area (Å²) in [7, 11) is 0. The topological polar surface area (TPSA) is 12.9 Å². The van der Waals surface area contributed by atoms with Gasteiger partial charge in [-0.2, -0.15) is 4.37 Å². The van der Waals surface area contributed by atoms with Gasteiger partial charge in [0.2, 0.25) is 0 Å². The molecule has 74 valence electrons. The summed E-state index contributed by atoms with van der Waals surface area (Å²) in [5.74, 6) is 0. The molecule has 0 amide bonds. The number of thioether (sulfide) groups is 1. The van der Waals surface area contributed by atoms with E-state index in [4.69, 9.17) is 0 Å². The van der Waals surface area contributed by atoms with Gasteiger partial charge in [0.05, 0.1) is 4.70 Å². The van der Waals surface area contributed by atoms with E-state index in [0.717, 1.165) is 5.03 Å². The molecule has 1 nitrogen and oxygen atoms in total. The van der Waals surface area contributed by atoms with Crippen molar-refractivity contribution in [2.75, 3.05) is 0 Å². The van der Waals surface area contributed by atoms with Crippen LogP contribution in [0.4, 0.5) is 0 Å². The summed E-state index contributed by atoms with van der Waals surface area (Å²) in [6, 6.07) is 8.40. The summed E-state index contributed by atoms with van der Waals surface area (Å²) in [4.78, 5) is 0. The van der Waals surface area contributed by atoms with Crippen molar-refractivity contribution in [3.63, 3.8) is 0 Å². The van der Waals surface area contributed by atoms with Crippen molar-refractivity contribution in [2.24, 2.45) is 0 Å². The Morgan fingerprint density at radius 2 is 1.93 bits per heavy atom. The molecule has 0 spiro atoms. The van der Waals surface area contributed by atoms with Gasteiger partial charge in [0.1, 0.15) is 5.03 Å². The van der Waals surface area contributed by atoms with Gasteiger partial charge in [0.15, 0.2) is 0 Å². The normalized spacial score (nSPS) is 12.2. The second-order valence-electron chi connectivity index (χ2n) is 4.20. The van der Waals surface area contributed by atoms with E-state index in [1.807, 2.05) is 11.8 Å². The van der Waals surface area contributed by atoms with Crippen molar-refractivity contribution in [3.8, 4) is 0 Å². The van der Waals surface area contributed by atoms with Crippen LogP contribution < -0.4 is 0 Å². The van der Waals surface area contributed by atoms with Gasteiger partial charge in [-0.25, -0.2) is 0 Å². The van der Waals surface area contributed by atoms with Crippen LogP contribution in [0.5, 0.6) is 0 Å². The summed E-state index contributed by atoms with van der Waals surface area (Å²) < 4.78 is 6.00. The Morgan fingerprint density at radius 3 is 2.64 bits per heavy atom. The first-order valence-electron chi connectivity index (χ1n) is 4.60. The van der Waals surface area contributed by atoms with Crippen LogP contribution in [0.1, 0.15) is 20.8 Å². The predicted molar refractivity (Wildman–Crippen MR) is 65.2 cm³/mol. The highest BCUT2D eigenvalue weighted by molar-refractivity contribution is 8.00. The number of fused-ring (bicyclic) bond motifs is 1. The second kappa shape index (κ2) is 3.55. The molecular weight excluding hydrogens is 210 g/mol. The Kier molecular flexibility index (Phi) is 2.54. The highest BCUT2D eigenvalue weighted by Crippen LogP contribution is 2.37. The zero-order valence-corrected chi connectivity index (χ0v) is 10.2. The predicted octanol–water partition coefficient (Wildman–Crippen LogP) is 4.19. The molecule has 0 radical (unpaired) electrons. The summed E-state index contributed by atoms with van der Waals surface area (Å²) >= 11 is 3.42. The number of hydrogen-bond donors (Lipinski definition) is 0. The van der Waals surface area contributed by atoms with Crippen molar-refractivity contribution in [1.82, 2.24) is 4.37 Å². The molecule has 0 unspecified atom stereocenters. The monoisotopic (exact) mass is 223 g/mol. The van der Waals surface area contributed by atoms with Gasteiger partial charge in [-0.1, -0.05) is 50.7 Å². The van der Waals surface area contributed by atoms with E-state index >= 15 is 0 Å². The third-order valence-electron chi connectivity index (χ3n) is 1.75. The summed E-state index contributed by atoms with van der Waals surface area (Å²) in [6.07, 6.45) is 0. The molecule has 1 aromatic heterocycles. The van der Waals surface area contributed by atoms with Crippen molar-refractivity contribution >= 4 is 33.4 Å². The van der Waals surface area contributed by atoms with Crippen LogP contribution in [-0.4, -0.2) is 9.12 Å². The fourth-order valence-corrected chi connectivity index (χ4v) is 3.10. The molecule has 0 bridgehead atoms. The third kappa shape index (κ3) is 2.10. The summed E-state index contributed by atoms with van der Waals surface area (Å²) in [5.41, 5.74) is 0. The highest BCUT2D eigenvalue weighted by Gasteiger charge is 2.16. The fourth-order valence-electron chi connectivity index (χ4n) is 1.23. The molecule has 1 aromatic carbocycles. The lowest BCUT2D eigenvalue weighted by molar-refractivity contribution is 0.801. The molecule has 0 fully saturated rings. The van der Waals surface area contributed by atoms with Crippen LogP contribution in [0.15, 0.2) is 29.3 Å². The lowest BCUT2D eigenvalue weighted by Crippen LogP contribution is -2.06. The zero-order valence-electron chi connectivity index (χ0n) is 8.57. The maximum absolute atomic E-state index is 4.49. The summed E-state index contributed by atoms with van der Waals surface area (Å²) in [6.45, 7) is 6.64. The number of rotatable bonds is 1. The standard InChI is InChI=1S/C11H13NS2/c1-11(2,3)13-10-8-6-4-5-7-9(8)14-12-10/h4-7H,1-3H3. The molecule has 0 saturated heterocycles. The number of aromatic nitrogens is 1. The largest absolute Gasteiger partial charge is 0.185 e. The number of hydrogen-bond acceptors (Lipinski definition) is 3. The van der Waals surface area contributed by atoms with Crippen molar-refractivity contribution in [2.45, 2.75) is 30.5 Å². The molecule has 3 heteroatoms. The van der Waals surface area contributed by atoms with E-state index in [2.05, 4.69) is 49.4 Å². The summed E-state index contributed by atoms with van der Waals surface area (Å²) in [5, 5.41) is 2.45. The van der Waals surface area contributed by atoms with Gasteiger partial charge >= 0.3 is 0 Å². The molecule has 2 aromatic rings. The maximum Gasteiger partial charge on any atom is 0.118 e. The molecule has 0 aliphatic carbocycles. The molecule has 0 N–H and O–H groups in total. The van der Waals surface area contributed by atoms with Crippen LogP contribution in [-0.2, 0) is 0 Å². The van der Waals surface area contributed by atoms with Gasteiger partial charge in [-0.3, -0.25) is 0 Å². The second-order valence-corrected chi connectivity index (χ2v) is 6.82. The fraction of sp³-hybridized carbons (Fsp3) is 0.364. The molecule has 0 aliphatic heterocycles. The minimum atomic E-state index is 0.233. The van der Waals surface area contributed by atoms with Gasteiger partial charge in [-0.05, 0) is 17.6 Å². The van der Waals surface area contributed by atoms with E-state index in [9.17, 15) is 0 Å².